The van der Waals surface area contributed by atoms with Crippen LogP contribution in [0, 0.1) is 0 Å². The zero-order valence-electron chi connectivity index (χ0n) is 13.0. The molecule has 0 fully saturated rings. The van der Waals surface area contributed by atoms with E-state index in [0.29, 0.717) is 21.5 Å². The highest BCUT2D eigenvalue weighted by Crippen LogP contribution is 2.31. The fourth-order valence-corrected chi connectivity index (χ4v) is 3.31. The predicted molar refractivity (Wildman–Crippen MR) is 94.1 cm³/mol. The highest BCUT2D eigenvalue weighted by atomic mass is 35.5. The van der Waals surface area contributed by atoms with E-state index in [-0.39, 0.29) is 18.2 Å². The molecule has 0 aliphatic heterocycles. The average molecular weight is 388 g/mol. The highest BCUT2D eigenvalue weighted by Gasteiger charge is 2.19. The largest absolute Gasteiger partial charge is 0.475 e. The van der Waals surface area contributed by atoms with Gasteiger partial charge < -0.3 is 9.63 Å². The van der Waals surface area contributed by atoms with Crippen LogP contribution in [0.3, 0.4) is 0 Å². The summed E-state index contributed by atoms with van der Waals surface area (Å²) in [6, 6.07) is 10.6. The van der Waals surface area contributed by atoms with Crippen molar-refractivity contribution in [1.82, 2.24) is 24.9 Å². The van der Waals surface area contributed by atoms with E-state index in [9.17, 15) is 9.90 Å². The zero-order chi connectivity index (χ0) is 18.1. The van der Waals surface area contributed by atoms with E-state index in [2.05, 4.69) is 20.2 Å². The van der Waals surface area contributed by atoms with E-state index < -0.39 is 5.97 Å². The Hall–Kier alpha value is -3.04. The number of aromatic nitrogens is 5. The first-order chi connectivity index (χ1) is 12.6. The molecule has 4 aromatic heterocycles. The van der Waals surface area contributed by atoms with Crippen molar-refractivity contribution in [2.75, 3.05) is 0 Å². The van der Waals surface area contributed by atoms with E-state index in [1.54, 1.807) is 36.5 Å². The predicted octanol–water partition coefficient (Wildman–Crippen LogP) is 3.46. The van der Waals surface area contributed by atoms with Crippen LogP contribution in [0.15, 0.2) is 47.1 Å². The summed E-state index contributed by atoms with van der Waals surface area (Å²) in [5.74, 6) is -0.599. The minimum Gasteiger partial charge on any atom is -0.475 e. The molecule has 8 nitrogen and oxygen atoms in total. The summed E-state index contributed by atoms with van der Waals surface area (Å²) in [6.07, 6.45) is 1.59. The number of hydrogen-bond acceptors (Lipinski definition) is 7. The lowest BCUT2D eigenvalue weighted by molar-refractivity contribution is 0.0677. The topological polar surface area (TPSA) is 107 Å². The summed E-state index contributed by atoms with van der Waals surface area (Å²) in [4.78, 5) is 20.5. The Bertz CT molecular complexity index is 1070. The van der Waals surface area contributed by atoms with Crippen molar-refractivity contribution in [3.05, 3.63) is 58.4 Å². The van der Waals surface area contributed by atoms with Crippen LogP contribution in [0.5, 0.6) is 0 Å². The van der Waals surface area contributed by atoms with Gasteiger partial charge in [0.05, 0.1) is 15.8 Å². The Morgan fingerprint density at radius 2 is 2.19 bits per heavy atom. The highest BCUT2D eigenvalue weighted by molar-refractivity contribution is 7.19. The maximum atomic E-state index is 11.5. The van der Waals surface area contributed by atoms with Gasteiger partial charge in [-0.25, -0.2) is 9.48 Å². The lowest BCUT2D eigenvalue weighted by atomic mass is 10.3. The molecule has 0 unspecified atom stereocenters. The Balaban J connectivity index is 1.65. The average Bonchev–Trinajstić information content (AvgIpc) is 3.35. The van der Waals surface area contributed by atoms with E-state index in [4.69, 9.17) is 16.1 Å². The van der Waals surface area contributed by atoms with Crippen LogP contribution >= 0.6 is 22.9 Å². The third kappa shape index (κ3) is 3.22. The molecule has 4 heterocycles. The Morgan fingerprint density at radius 3 is 2.88 bits per heavy atom. The molecule has 0 amide bonds. The second-order valence-corrected chi connectivity index (χ2v) is 6.94. The van der Waals surface area contributed by atoms with Gasteiger partial charge in [-0.05, 0) is 24.3 Å². The molecule has 1 N–H and O–H groups in total. The van der Waals surface area contributed by atoms with Gasteiger partial charge in [0.25, 0.3) is 0 Å². The molecule has 0 radical (unpaired) electrons. The quantitative estimate of drug-likeness (QED) is 0.558. The molecule has 4 aromatic rings. The van der Waals surface area contributed by atoms with Crippen molar-refractivity contribution in [2.24, 2.45) is 0 Å². The minimum atomic E-state index is -1.19. The van der Waals surface area contributed by atoms with Crippen LogP contribution in [-0.2, 0) is 6.54 Å². The van der Waals surface area contributed by atoms with Crippen LogP contribution in [0.1, 0.15) is 16.3 Å². The van der Waals surface area contributed by atoms with Gasteiger partial charge in [-0.1, -0.05) is 22.8 Å². The molecular formula is C16H10ClN5O3S. The zero-order valence-corrected chi connectivity index (χ0v) is 14.6. The fourth-order valence-electron chi connectivity index (χ4n) is 2.32. The standard InChI is InChI=1S/C16H10ClN5O3S/c17-13-5-4-12(26-13)11-7-9(21-25-11)8-22-15(16(23)24)19-14(20-22)10-3-1-2-6-18-10/h1-7H,8H2,(H,23,24). The third-order valence-electron chi connectivity index (χ3n) is 3.44. The van der Waals surface area contributed by atoms with Gasteiger partial charge in [0.2, 0.25) is 11.6 Å². The van der Waals surface area contributed by atoms with E-state index in [1.807, 2.05) is 6.07 Å². The maximum Gasteiger partial charge on any atom is 0.373 e. The molecule has 0 saturated carbocycles. The fraction of sp³-hybridized carbons (Fsp3) is 0.0625. The van der Waals surface area contributed by atoms with Crippen molar-refractivity contribution in [1.29, 1.82) is 0 Å². The number of carbonyl (C=O) groups is 1. The number of hydrogen-bond donors (Lipinski definition) is 1. The molecule has 0 aliphatic carbocycles. The second-order valence-electron chi connectivity index (χ2n) is 5.22. The molecule has 10 heteroatoms. The number of thiophene rings is 1. The first-order valence-electron chi connectivity index (χ1n) is 7.41. The monoisotopic (exact) mass is 387 g/mol. The molecule has 4 rings (SSSR count). The van der Waals surface area contributed by atoms with E-state index >= 15 is 0 Å². The van der Waals surface area contributed by atoms with Crippen LogP contribution in [0.4, 0.5) is 0 Å². The normalized spacial score (nSPS) is 11.0. The van der Waals surface area contributed by atoms with Crippen LogP contribution in [0.25, 0.3) is 22.2 Å². The third-order valence-corrected chi connectivity index (χ3v) is 4.69. The number of carboxylic acid groups (broad SMARTS) is 1. The summed E-state index contributed by atoms with van der Waals surface area (Å²) in [7, 11) is 0. The van der Waals surface area contributed by atoms with Crippen molar-refractivity contribution < 1.29 is 14.4 Å². The molecule has 0 spiro atoms. The summed E-state index contributed by atoms with van der Waals surface area (Å²) in [5, 5.41) is 17.6. The lowest BCUT2D eigenvalue weighted by Crippen LogP contribution is -2.12. The lowest BCUT2D eigenvalue weighted by Gasteiger charge is -1.98. The Labute approximate surface area is 155 Å². The van der Waals surface area contributed by atoms with Crippen molar-refractivity contribution in [3.63, 3.8) is 0 Å². The molecule has 0 atom stereocenters. The van der Waals surface area contributed by atoms with Crippen molar-refractivity contribution in [2.45, 2.75) is 6.54 Å². The van der Waals surface area contributed by atoms with Crippen molar-refractivity contribution in [3.8, 4) is 22.2 Å². The number of aromatic carboxylic acids is 1. The van der Waals surface area contributed by atoms with Gasteiger partial charge in [0, 0.05) is 12.3 Å². The first kappa shape index (κ1) is 16.4. The summed E-state index contributed by atoms with van der Waals surface area (Å²) in [6.45, 7) is 0.101. The molecule has 0 aliphatic rings. The van der Waals surface area contributed by atoms with Gasteiger partial charge in [-0.2, -0.15) is 4.98 Å². The molecule has 0 bridgehead atoms. The Kier molecular flexibility index (Phi) is 4.23. The maximum absolute atomic E-state index is 11.5. The second kappa shape index (κ2) is 6.70. The summed E-state index contributed by atoms with van der Waals surface area (Å²) in [5.41, 5.74) is 1.01. The minimum absolute atomic E-state index is 0.101. The van der Waals surface area contributed by atoms with Gasteiger partial charge in [-0.3, -0.25) is 4.98 Å². The molecule has 26 heavy (non-hydrogen) atoms. The van der Waals surface area contributed by atoms with Gasteiger partial charge in [0.15, 0.2) is 5.76 Å². The van der Waals surface area contributed by atoms with Crippen LogP contribution in [0.2, 0.25) is 4.34 Å². The Morgan fingerprint density at radius 1 is 1.31 bits per heavy atom. The SMILES string of the molecule is O=C(O)c1nc(-c2ccccn2)nn1Cc1cc(-c2ccc(Cl)s2)on1. The number of halogens is 1. The number of carboxylic acids is 1. The smallest absolute Gasteiger partial charge is 0.373 e. The number of pyridine rings is 1. The van der Waals surface area contributed by atoms with Crippen molar-refractivity contribution >= 4 is 28.9 Å². The van der Waals surface area contributed by atoms with Gasteiger partial charge in [0.1, 0.15) is 11.4 Å². The number of rotatable bonds is 5. The molecule has 0 saturated heterocycles. The van der Waals surface area contributed by atoms with Crippen LogP contribution < -0.4 is 0 Å². The van der Waals surface area contributed by atoms with Crippen LogP contribution in [-0.4, -0.2) is 36.0 Å². The molecule has 0 aromatic carbocycles. The van der Waals surface area contributed by atoms with E-state index in [1.165, 1.54) is 16.0 Å². The van der Waals surface area contributed by atoms with Gasteiger partial charge in [-0.15, -0.1) is 16.4 Å². The molecule has 130 valence electrons. The first-order valence-corrected chi connectivity index (χ1v) is 8.60. The van der Waals surface area contributed by atoms with Gasteiger partial charge >= 0.3 is 5.97 Å². The molecular weight excluding hydrogens is 378 g/mol. The summed E-state index contributed by atoms with van der Waals surface area (Å²) >= 11 is 7.29. The van der Waals surface area contributed by atoms with E-state index in [0.717, 1.165) is 4.88 Å². The number of nitrogens with zero attached hydrogens (tertiary/aromatic N) is 5. The summed E-state index contributed by atoms with van der Waals surface area (Å²) < 4.78 is 7.21.